The lowest BCUT2D eigenvalue weighted by atomic mass is 9.47. The minimum absolute atomic E-state index is 0.0355. The average Bonchev–Trinajstić information content (AvgIpc) is 3.11. The summed E-state index contributed by atoms with van der Waals surface area (Å²) in [7, 11) is 1.82. The van der Waals surface area contributed by atoms with Crippen molar-refractivity contribution in [3.05, 3.63) is 11.6 Å². The van der Waals surface area contributed by atoms with Gasteiger partial charge in [0.05, 0.1) is 6.67 Å². The van der Waals surface area contributed by atoms with Crippen molar-refractivity contribution in [1.29, 1.82) is 0 Å². The number of fused-ring (bicyclic) bond motifs is 5. The van der Waals surface area contributed by atoms with Gasteiger partial charge in [-0.2, -0.15) is 0 Å². The number of unbranched alkanes of at least 4 members (excludes halogenated alkanes) is 1. The van der Waals surface area contributed by atoms with Crippen LogP contribution >= 0.6 is 0 Å². The van der Waals surface area contributed by atoms with Crippen LogP contribution in [-0.2, 0) is 4.74 Å². The highest BCUT2D eigenvalue weighted by molar-refractivity contribution is 5.67. The van der Waals surface area contributed by atoms with Crippen LogP contribution < -0.4 is 10.6 Å². The van der Waals surface area contributed by atoms with Crippen LogP contribution in [0.15, 0.2) is 11.6 Å². The van der Waals surface area contributed by atoms with Crippen LogP contribution in [0, 0.1) is 40.4 Å². The molecular formula is C29H50N2O2. The molecule has 4 nitrogen and oxygen atoms in total. The first kappa shape index (κ1) is 25.1. The first-order valence-corrected chi connectivity index (χ1v) is 14.1. The smallest absolute Gasteiger partial charge is 0.408 e. The van der Waals surface area contributed by atoms with Gasteiger partial charge >= 0.3 is 6.09 Å². The Morgan fingerprint density at radius 3 is 2.70 bits per heavy atom. The second-order valence-corrected chi connectivity index (χ2v) is 12.7. The highest BCUT2D eigenvalue weighted by Crippen LogP contribution is 2.66. The molecule has 33 heavy (non-hydrogen) atoms. The monoisotopic (exact) mass is 458 g/mol. The third kappa shape index (κ3) is 5.02. The Kier molecular flexibility index (Phi) is 7.83. The summed E-state index contributed by atoms with van der Waals surface area (Å²) in [6.45, 7) is 10.4. The van der Waals surface area contributed by atoms with Crippen molar-refractivity contribution >= 4 is 6.09 Å². The Bertz CT molecular complexity index is 718. The summed E-state index contributed by atoms with van der Waals surface area (Å²) in [5.74, 6) is 4.42. The van der Waals surface area contributed by atoms with Crippen LogP contribution in [0.25, 0.3) is 0 Å². The second kappa shape index (κ2) is 10.3. The molecule has 0 bridgehead atoms. The Hall–Kier alpha value is -1.03. The third-order valence-electron chi connectivity index (χ3n) is 10.5. The molecule has 4 aliphatic carbocycles. The number of alkyl carbamates (subject to hydrolysis) is 1. The van der Waals surface area contributed by atoms with E-state index in [0.717, 1.165) is 42.4 Å². The lowest BCUT2D eigenvalue weighted by molar-refractivity contribution is -0.0519. The van der Waals surface area contributed by atoms with E-state index in [1.807, 2.05) is 7.05 Å². The van der Waals surface area contributed by atoms with Crippen LogP contribution in [-0.4, -0.2) is 25.9 Å². The molecule has 2 N–H and O–H groups in total. The molecule has 0 radical (unpaired) electrons. The van der Waals surface area contributed by atoms with Crippen molar-refractivity contribution in [2.45, 2.75) is 111 Å². The van der Waals surface area contributed by atoms with Gasteiger partial charge in [0.1, 0.15) is 6.10 Å². The van der Waals surface area contributed by atoms with E-state index in [4.69, 9.17) is 4.74 Å². The van der Waals surface area contributed by atoms with Gasteiger partial charge in [-0.25, -0.2) is 4.79 Å². The lowest BCUT2D eigenvalue weighted by Crippen LogP contribution is -2.50. The first-order valence-electron chi connectivity index (χ1n) is 14.1. The summed E-state index contributed by atoms with van der Waals surface area (Å²) in [6, 6.07) is 0. The summed E-state index contributed by atoms with van der Waals surface area (Å²) >= 11 is 0. The predicted molar refractivity (Wildman–Crippen MR) is 136 cm³/mol. The minimum atomic E-state index is -0.286. The van der Waals surface area contributed by atoms with E-state index >= 15 is 0 Å². The number of nitrogens with one attached hydrogen (secondary N) is 2. The van der Waals surface area contributed by atoms with Crippen LogP contribution in [0.1, 0.15) is 105 Å². The minimum Gasteiger partial charge on any atom is -0.446 e. The quantitative estimate of drug-likeness (QED) is 0.233. The van der Waals surface area contributed by atoms with Crippen LogP contribution in [0.2, 0.25) is 0 Å². The standard InChI is InChI=1S/C29H50N2O2/c1-20(2)8-6-7-9-21-11-13-25-24-12-10-22-18-23(33-27(32)31-19-30-5)14-16-29(22,4)26(24)15-17-28(21,25)3/h10,20-21,23-26,30H,6-9,11-19H2,1-5H3,(H,31,32). The molecule has 0 saturated heterocycles. The predicted octanol–water partition coefficient (Wildman–Crippen LogP) is 7.05. The summed E-state index contributed by atoms with van der Waals surface area (Å²) in [5, 5.41) is 5.71. The number of rotatable bonds is 8. The Labute approximate surface area is 203 Å². The van der Waals surface area contributed by atoms with Gasteiger partial charge in [0.25, 0.3) is 0 Å². The largest absolute Gasteiger partial charge is 0.446 e. The van der Waals surface area contributed by atoms with E-state index in [9.17, 15) is 4.79 Å². The van der Waals surface area contributed by atoms with Gasteiger partial charge in [0.15, 0.2) is 0 Å². The molecule has 4 rings (SSSR count). The maximum Gasteiger partial charge on any atom is 0.408 e. The van der Waals surface area contributed by atoms with Crippen molar-refractivity contribution < 1.29 is 9.53 Å². The summed E-state index contributed by atoms with van der Waals surface area (Å²) in [6.07, 6.45) is 18.2. The molecule has 0 spiro atoms. The van der Waals surface area contributed by atoms with Crippen molar-refractivity contribution in [3.8, 4) is 0 Å². The maximum atomic E-state index is 12.1. The molecular weight excluding hydrogens is 408 g/mol. The lowest BCUT2D eigenvalue weighted by Gasteiger charge is -2.58. The topological polar surface area (TPSA) is 50.4 Å². The Morgan fingerprint density at radius 2 is 1.94 bits per heavy atom. The van der Waals surface area contributed by atoms with E-state index in [1.165, 1.54) is 64.2 Å². The van der Waals surface area contributed by atoms with E-state index in [0.29, 0.717) is 17.5 Å². The van der Waals surface area contributed by atoms with Gasteiger partial charge in [-0.1, -0.05) is 58.6 Å². The second-order valence-electron chi connectivity index (χ2n) is 12.7. The van der Waals surface area contributed by atoms with E-state index in [1.54, 1.807) is 5.57 Å². The van der Waals surface area contributed by atoms with Gasteiger partial charge in [0.2, 0.25) is 0 Å². The molecule has 0 aromatic carbocycles. The molecule has 0 aromatic heterocycles. The number of ether oxygens (including phenoxy) is 1. The summed E-state index contributed by atoms with van der Waals surface area (Å²) < 4.78 is 5.75. The van der Waals surface area contributed by atoms with E-state index in [-0.39, 0.29) is 12.2 Å². The number of carbonyl (C=O) groups excluding carboxylic acids is 1. The highest BCUT2D eigenvalue weighted by atomic mass is 16.6. The Balaban J connectivity index is 1.39. The van der Waals surface area contributed by atoms with Gasteiger partial charge in [-0.3, -0.25) is 0 Å². The number of hydrogen-bond donors (Lipinski definition) is 2. The fraction of sp³-hybridized carbons (Fsp3) is 0.897. The molecule has 7 atom stereocenters. The summed E-state index contributed by atoms with van der Waals surface area (Å²) in [4.78, 5) is 12.1. The van der Waals surface area contributed by atoms with Crippen molar-refractivity contribution in [3.63, 3.8) is 0 Å². The average molecular weight is 459 g/mol. The maximum absolute atomic E-state index is 12.1. The molecule has 1 amide bonds. The fourth-order valence-corrected chi connectivity index (χ4v) is 8.61. The van der Waals surface area contributed by atoms with Crippen LogP contribution in [0.5, 0.6) is 0 Å². The molecule has 3 saturated carbocycles. The Morgan fingerprint density at radius 1 is 1.12 bits per heavy atom. The van der Waals surface area contributed by atoms with Gasteiger partial charge in [-0.05, 0) is 98.8 Å². The zero-order chi connectivity index (χ0) is 23.6. The third-order valence-corrected chi connectivity index (χ3v) is 10.5. The van der Waals surface area contributed by atoms with Crippen LogP contribution in [0.3, 0.4) is 0 Å². The SMILES string of the molecule is CNCNC(=O)OC1CCC2(C)C(=CCC3C2CCC2(C)C(CCCCC(C)C)CCC32)C1. The number of hydrogen-bond acceptors (Lipinski definition) is 3. The first-order chi connectivity index (χ1) is 15.8. The number of allylic oxidation sites excluding steroid dienone is 1. The highest BCUT2D eigenvalue weighted by Gasteiger charge is 2.58. The number of amides is 1. The molecule has 4 heteroatoms. The van der Waals surface area contributed by atoms with Crippen molar-refractivity contribution in [1.82, 2.24) is 10.6 Å². The van der Waals surface area contributed by atoms with E-state index < -0.39 is 0 Å². The van der Waals surface area contributed by atoms with E-state index in [2.05, 4.69) is 44.4 Å². The molecule has 0 heterocycles. The zero-order valence-corrected chi connectivity index (χ0v) is 22.1. The molecule has 4 aliphatic rings. The van der Waals surface area contributed by atoms with Crippen LogP contribution in [0.4, 0.5) is 4.79 Å². The van der Waals surface area contributed by atoms with Crippen molar-refractivity contribution in [2.75, 3.05) is 13.7 Å². The molecule has 0 aliphatic heterocycles. The van der Waals surface area contributed by atoms with Crippen molar-refractivity contribution in [2.24, 2.45) is 40.4 Å². The van der Waals surface area contributed by atoms with Gasteiger partial charge < -0.3 is 15.4 Å². The molecule has 188 valence electrons. The molecule has 7 unspecified atom stereocenters. The normalized spacial score (nSPS) is 39.9. The summed E-state index contributed by atoms with van der Waals surface area (Å²) in [5.41, 5.74) is 2.49. The fourth-order valence-electron chi connectivity index (χ4n) is 8.61. The number of carbonyl (C=O) groups is 1. The molecule has 0 aromatic rings. The van der Waals surface area contributed by atoms with Gasteiger partial charge in [0, 0.05) is 6.42 Å². The van der Waals surface area contributed by atoms with Gasteiger partial charge in [-0.15, -0.1) is 0 Å². The molecule has 3 fully saturated rings. The zero-order valence-electron chi connectivity index (χ0n) is 22.1.